The van der Waals surface area contributed by atoms with Gasteiger partial charge in [-0.25, -0.2) is 0 Å². The predicted molar refractivity (Wildman–Crippen MR) is 76.4 cm³/mol. The Labute approximate surface area is 115 Å². The Bertz CT molecular complexity index is 581. The van der Waals surface area contributed by atoms with E-state index in [0.29, 0.717) is 16.3 Å². The van der Waals surface area contributed by atoms with Crippen LogP contribution in [0.2, 0.25) is 5.02 Å². The maximum absolute atomic E-state index is 11.2. The summed E-state index contributed by atoms with van der Waals surface area (Å²) in [5.74, 6) is 0.0183. The minimum Gasteiger partial charge on any atom is -0.398 e. The second-order valence-electron chi connectivity index (χ2n) is 3.86. The summed E-state index contributed by atoms with van der Waals surface area (Å²) in [5, 5.41) is 0.708. The molecule has 18 heavy (non-hydrogen) atoms. The highest BCUT2D eigenvalue weighted by Crippen LogP contribution is 2.33. The van der Waals surface area contributed by atoms with E-state index in [4.69, 9.17) is 17.3 Å². The van der Waals surface area contributed by atoms with Gasteiger partial charge in [-0.15, -0.1) is 0 Å². The molecule has 0 fully saturated rings. The monoisotopic (exact) mass is 277 g/mol. The molecule has 0 heterocycles. The van der Waals surface area contributed by atoms with Gasteiger partial charge in [-0.3, -0.25) is 4.79 Å². The molecule has 0 atom stereocenters. The van der Waals surface area contributed by atoms with Gasteiger partial charge in [0.05, 0.1) is 0 Å². The SMILES string of the molecule is CC(=O)c1ccc(Sc2ccc(Cl)cc2)c(N)c1. The van der Waals surface area contributed by atoms with Crippen LogP contribution >= 0.6 is 23.4 Å². The third kappa shape index (κ3) is 3.06. The molecule has 0 aromatic heterocycles. The topological polar surface area (TPSA) is 43.1 Å². The first-order valence-corrected chi connectivity index (χ1v) is 6.59. The zero-order chi connectivity index (χ0) is 13.1. The van der Waals surface area contributed by atoms with E-state index in [9.17, 15) is 4.79 Å². The Morgan fingerprint density at radius 2 is 1.83 bits per heavy atom. The fourth-order valence-corrected chi connectivity index (χ4v) is 2.45. The Hall–Kier alpha value is -1.45. The summed E-state index contributed by atoms with van der Waals surface area (Å²) < 4.78 is 0. The first kappa shape index (κ1) is 13.0. The Morgan fingerprint density at radius 3 is 2.39 bits per heavy atom. The molecule has 0 aliphatic rings. The molecule has 2 aromatic rings. The second kappa shape index (κ2) is 5.46. The molecule has 0 aliphatic carbocycles. The normalized spacial score (nSPS) is 10.3. The van der Waals surface area contributed by atoms with E-state index in [1.165, 1.54) is 6.92 Å². The zero-order valence-electron chi connectivity index (χ0n) is 9.81. The summed E-state index contributed by atoms with van der Waals surface area (Å²) in [4.78, 5) is 13.2. The van der Waals surface area contributed by atoms with Crippen molar-refractivity contribution >= 4 is 34.8 Å². The molecule has 92 valence electrons. The number of ketones is 1. The van der Waals surface area contributed by atoms with Crippen molar-refractivity contribution < 1.29 is 4.79 Å². The number of Topliss-reactive ketones (excluding diaryl/α,β-unsaturated/α-hetero) is 1. The molecule has 0 saturated carbocycles. The van der Waals surface area contributed by atoms with Gasteiger partial charge >= 0.3 is 0 Å². The van der Waals surface area contributed by atoms with Crippen LogP contribution in [-0.4, -0.2) is 5.78 Å². The van der Waals surface area contributed by atoms with Crippen LogP contribution in [-0.2, 0) is 0 Å². The summed E-state index contributed by atoms with van der Waals surface area (Å²) in [6.45, 7) is 1.53. The molecule has 0 bridgehead atoms. The molecule has 2 N–H and O–H groups in total. The van der Waals surface area contributed by atoms with Gasteiger partial charge in [-0.05, 0) is 43.3 Å². The Morgan fingerprint density at radius 1 is 1.17 bits per heavy atom. The maximum Gasteiger partial charge on any atom is 0.159 e. The molecule has 4 heteroatoms. The van der Waals surface area contributed by atoms with Gasteiger partial charge in [-0.1, -0.05) is 29.4 Å². The van der Waals surface area contributed by atoms with E-state index in [0.717, 1.165) is 9.79 Å². The van der Waals surface area contributed by atoms with Gasteiger partial charge in [0.15, 0.2) is 5.78 Å². The third-order valence-corrected chi connectivity index (χ3v) is 3.81. The number of nitrogen functional groups attached to an aromatic ring is 1. The van der Waals surface area contributed by atoms with Gasteiger partial charge in [-0.2, -0.15) is 0 Å². The summed E-state index contributed by atoms with van der Waals surface area (Å²) in [5.41, 5.74) is 7.18. The van der Waals surface area contributed by atoms with E-state index < -0.39 is 0 Å². The predicted octanol–water partition coefficient (Wildman–Crippen LogP) is 4.28. The highest BCUT2D eigenvalue weighted by atomic mass is 35.5. The van der Waals surface area contributed by atoms with Gasteiger partial charge < -0.3 is 5.73 Å². The van der Waals surface area contributed by atoms with Crippen LogP contribution in [0.15, 0.2) is 52.3 Å². The van der Waals surface area contributed by atoms with Crippen molar-refractivity contribution in [3.05, 3.63) is 53.1 Å². The molecule has 2 aromatic carbocycles. The quantitative estimate of drug-likeness (QED) is 0.673. The number of carbonyl (C=O) groups is 1. The molecule has 0 aliphatic heterocycles. The first-order chi connectivity index (χ1) is 8.56. The van der Waals surface area contributed by atoms with Crippen molar-refractivity contribution in [3.63, 3.8) is 0 Å². The van der Waals surface area contributed by atoms with Gasteiger partial charge in [0.2, 0.25) is 0 Å². The molecule has 0 amide bonds. The van der Waals surface area contributed by atoms with E-state index in [-0.39, 0.29) is 5.78 Å². The number of halogens is 1. The van der Waals surface area contributed by atoms with Crippen LogP contribution in [0, 0.1) is 0 Å². The average Bonchev–Trinajstić information content (AvgIpc) is 2.34. The van der Waals surface area contributed by atoms with Crippen LogP contribution in [0.3, 0.4) is 0 Å². The molecule has 0 unspecified atom stereocenters. The minimum atomic E-state index is 0.0183. The van der Waals surface area contributed by atoms with E-state index >= 15 is 0 Å². The summed E-state index contributed by atoms with van der Waals surface area (Å²) in [6, 6.07) is 12.9. The first-order valence-electron chi connectivity index (χ1n) is 5.40. The molecule has 2 rings (SSSR count). The summed E-state index contributed by atoms with van der Waals surface area (Å²) >= 11 is 7.38. The molecule has 0 spiro atoms. The van der Waals surface area contributed by atoms with Crippen molar-refractivity contribution in [2.45, 2.75) is 16.7 Å². The van der Waals surface area contributed by atoms with Crippen LogP contribution < -0.4 is 5.73 Å². The third-order valence-electron chi connectivity index (χ3n) is 2.46. The fourth-order valence-electron chi connectivity index (χ4n) is 1.49. The number of hydrogen-bond donors (Lipinski definition) is 1. The molecule has 0 radical (unpaired) electrons. The van der Waals surface area contributed by atoms with E-state index in [1.807, 2.05) is 30.3 Å². The zero-order valence-corrected chi connectivity index (χ0v) is 11.4. The molecular weight excluding hydrogens is 266 g/mol. The Kier molecular flexibility index (Phi) is 3.94. The molecular formula is C14H12ClNOS. The average molecular weight is 278 g/mol. The van der Waals surface area contributed by atoms with Crippen molar-refractivity contribution in [1.29, 1.82) is 0 Å². The van der Waals surface area contributed by atoms with Crippen molar-refractivity contribution in [3.8, 4) is 0 Å². The lowest BCUT2D eigenvalue weighted by Crippen LogP contribution is -1.95. The van der Waals surface area contributed by atoms with Crippen LogP contribution in [0.1, 0.15) is 17.3 Å². The van der Waals surface area contributed by atoms with Crippen LogP contribution in [0.5, 0.6) is 0 Å². The highest BCUT2D eigenvalue weighted by Gasteiger charge is 2.05. The number of nitrogens with two attached hydrogens (primary N) is 1. The lowest BCUT2D eigenvalue weighted by atomic mass is 10.1. The summed E-state index contributed by atoms with van der Waals surface area (Å²) in [7, 11) is 0. The lowest BCUT2D eigenvalue weighted by Gasteiger charge is -2.06. The van der Waals surface area contributed by atoms with Crippen molar-refractivity contribution in [2.24, 2.45) is 0 Å². The van der Waals surface area contributed by atoms with Gasteiger partial charge in [0.1, 0.15) is 0 Å². The standard InChI is InChI=1S/C14H12ClNOS/c1-9(17)10-2-7-14(13(16)8-10)18-12-5-3-11(15)4-6-12/h2-8H,16H2,1H3. The number of hydrogen-bond acceptors (Lipinski definition) is 3. The fraction of sp³-hybridized carbons (Fsp3) is 0.0714. The smallest absolute Gasteiger partial charge is 0.159 e. The van der Waals surface area contributed by atoms with Crippen molar-refractivity contribution in [2.75, 3.05) is 5.73 Å². The number of benzene rings is 2. The number of rotatable bonds is 3. The Balaban J connectivity index is 2.24. The van der Waals surface area contributed by atoms with Crippen molar-refractivity contribution in [1.82, 2.24) is 0 Å². The lowest BCUT2D eigenvalue weighted by molar-refractivity contribution is 0.101. The second-order valence-corrected chi connectivity index (χ2v) is 5.42. The van der Waals surface area contributed by atoms with E-state index in [2.05, 4.69) is 0 Å². The van der Waals surface area contributed by atoms with Gasteiger partial charge in [0, 0.05) is 26.1 Å². The molecule has 2 nitrogen and oxygen atoms in total. The molecule has 0 saturated heterocycles. The largest absolute Gasteiger partial charge is 0.398 e. The highest BCUT2D eigenvalue weighted by molar-refractivity contribution is 7.99. The number of anilines is 1. The number of carbonyl (C=O) groups excluding carboxylic acids is 1. The van der Waals surface area contributed by atoms with Crippen LogP contribution in [0.25, 0.3) is 0 Å². The van der Waals surface area contributed by atoms with Gasteiger partial charge in [0.25, 0.3) is 0 Å². The maximum atomic E-state index is 11.2. The minimum absolute atomic E-state index is 0.0183. The summed E-state index contributed by atoms with van der Waals surface area (Å²) in [6.07, 6.45) is 0. The van der Waals surface area contributed by atoms with Crippen LogP contribution in [0.4, 0.5) is 5.69 Å². The van der Waals surface area contributed by atoms with E-state index in [1.54, 1.807) is 23.9 Å².